The van der Waals surface area contributed by atoms with Gasteiger partial charge in [-0.2, -0.15) is 4.52 Å². The Balaban J connectivity index is 1.39. The fourth-order valence-corrected chi connectivity index (χ4v) is 3.20. The number of rotatable bonds is 3. The lowest BCUT2D eigenvalue weighted by atomic mass is 9.96. The second-order valence-corrected chi connectivity index (χ2v) is 8.29. The summed E-state index contributed by atoms with van der Waals surface area (Å²) in [6.45, 7) is 11.0. The Hall–Kier alpha value is -3.23. The molecular weight excluding hydrogens is 368 g/mol. The van der Waals surface area contributed by atoms with E-state index in [1.807, 2.05) is 58.2 Å². The predicted molar refractivity (Wildman–Crippen MR) is 112 cm³/mol. The zero-order chi connectivity index (χ0) is 20.6. The summed E-state index contributed by atoms with van der Waals surface area (Å²) >= 11 is 0. The molecule has 9 heteroatoms. The zero-order valence-electron chi connectivity index (χ0n) is 17.3. The Morgan fingerprint density at radius 2 is 1.72 bits per heavy atom. The van der Waals surface area contributed by atoms with Crippen LogP contribution in [0.3, 0.4) is 0 Å². The molecule has 152 valence electrons. The van der Waals surface area contributed by atoms with Gasteiger partial charge in [-0.1, -0.05) is 20.8 Å². The number of fused-ring (bicyclic) bond motifs is 1. The highest BCUT2D eigenvalue weighted by Gasteiger charge is 2.22. The normalized spacial score (nSPS) is 15.0. The fraction of sp³-hybridized carbons (Fsp3) is 0.450. The van der Waals surface area contributed by atoms with Crippen molar-refractivity contribution in [3.05, 3.63) is 36.3 Å². The van der Waals surface area contributed by atoms with E-state index in [2.05, 4.69) is 35.4 Å². The van der Waals surface area contributed by atoms with Gasteiger partial charge < -0.3 is 15.1 Å². The van der Waals surface area contributed by atoms with Crippen molar-refractivity contribution in [3.8, 4) is 0 Å². The lowest BCUT2D eigenvalue weighted by Crippen LogP contribution is -2.47. The lowest BCUT2D eigenvalue weighted by Gasteiger charge is -2.36. The summed E-state index contributed by atoms with van der Waals surface area (Å²) in [5.74, 6) is 2.25. The van der Waals surface area contributed by atoms with Gasteiger partial charge in [-0.3, -0.25) is 4.79 Å². The molecule has 1 fully saturated rings. The van der Waals surface area contributed by atoms with Crippen LogP contribution in [-0.4, -0.2) is 56.9 Å². The monoisotopic (exact) mass is 394 g/mol. The van der Waals surface area contributed by atoms with Crippen LogP contribution in [-0.2, 0) is 4.79 Å². The maximum Gasteiger partial charge on any atom is 0.230 e. The number of pyridine rings is 1. The third kappa shape index (κ3) is 3.98. The Morgan fingerprint density at radius 3 is 2.38 bits per heavy atom. The average Bonchev–Trinajstić information content (AvgIpc) is 3.08. The first-order valence-electron chi connectivity index (χ1n) is 9.78. The summed E-state index contributed by atoms with van der Waals surface area (Å²) in [6.07, 6.45) is 1.82. The summed E-state index contributed by atoms with van der Waals surface area (Å²) in [5, 5.41) is 15.7. The van der Waals surface area contributed by atoms with Crippen LogP contribution in [0, 0.1) is 12.3 Å². The maximum atomic E-state index is 12.1. The summed E-state index contributed by atoms with van der Waals surface area (Å²) < 4.78 is 1.77. The Bertz CT molecular complexity index is 1010. The smallest absolute Gasteiger partial charge is 0.230 e. The molecule has 0 bridgehead atoms. The number of aryl methyl sites for hydroxylation is 1. The molecule has 0 saturated carbocycles. The van der Waals surface area contributed by atoms with E-state index in [0.717, 1.165) is 49.2 Å². The van der Waals surface area contributed by atoms with E-state index in [1.54, 1.807) is 4.52 Å². The number of hydrogen-bond donors (Lipinski definition) is 1. The largest absolute Gasteiger partial charge is 0.367 e. The van der Waals surface area contributed by atoms with Crippen LogP contribution in [0.2, 0.25) is 0 Å². The van der Waals surface area contributed by atoms with Crippen molar-refractivity contribution in [1.29, 1.82) is 0 Å². The highest BCUT2D eigenvalue weighted by atomic mass is 16.2. The van der Waals surface area contributed by atoms with Gasteiger partial charge in [0.05, 0.1) is 11.9 Å². The topological polar surface area (TPSA) is 91.5 Å². The third-order valence-electron chi connectivity index (χ3n) is 5.04. The summed E-state index contributed by atoms with van der Waals surface area (Å²) in [4.78, 5) is 21.1. The molecule has 9 nitrogen and oxygen atoms in total. The van der Waals surface area contributed by atoms with Crippen molar-refractivity contribution in [2.24, 2.45) is 5.41 Å². The number of carbonyl (C=O) groups is 1. The molecule has 1 saturated heterocycles. The van der Waals surface area contributed by atoms with Gasteiger partial charge in [0.1, 0.15) is 11.6 Å². The van der Waals surface area contributed by atoms with E-state index in [1.165, 1.54) is 0 Å². The van der Waals surface area contributed by atoms with Gasteiger partial charge in [0.25, 0.3) is 0 Å². The molecule has 0 aliphatic carbocycles. The van der Waals surface area contributed by atoms with Crippen LogP contribution in [0.4, 0.5) is 17.3 Å². The molecule has 1 aliphatic rings. The average molecular weight is 394 g/mol. The van der Waals surface area contributed by atoms with Crippen molar-refractivity contribution in [2.75, 3.05) is 41.3 Å². The number of nitrogens with zero attached hydrogens (tertiary/aromatic N) is 7. The first kappa shape index (κ1) is 19.1. The lowest BCUT2D eigenvalue weighted by molar-refractivity contribution is -0.123. The van der Waals surface area contributed by atoms with Gasteiger partial charge >= 0.3 is 0 Å². The van der Waals surface area contributed by atoms with Crippen LogP contribution < -0.4 is 15.1 Å². The van der Waals surface area contributed by atoms with Crippen LogP contribution in [0.5, 0.6) is 0 Å². The van der Waals surface area contributed by atoms with Gasteiger partial charge in [-0.15, -0.1) is 15.3 Å². The van der Waals surface area contributed by atoms with Gasteiger partial charge in [-0.05, 0) is 31.2 Å². The molecule has 0 aromatic carbocycles. The van der Waals surface area contributed by atoms with Gasteiger partial charge in [0, 0.05) is 31.6 Å². The Kier molecular flexibility index (Phi) is 4.81. The minimum Gasteiger partial charge on any atom is -0.367 e. The number of amides is 1. The molecule has 29 heavy (non-hydrogen) atoms. The highest BCUT2D eigenvalue weighted by molar-refractivity contribution is 5.93. The summed E-state index contributed by atoms with van der Waals surface area (Å²) in [7, 11) is 0. The van der Waals surface area contributed by atoms with E-state index in [0.29, 0.717) is 5.82 Å². The number of nitrogens with one attached hydrogen (secondary N) is 1. The standard InChI is InChI=1S/C20H26N8O/c1-14-23-24-17-7-8-18(25-28(14)17)27-11-9-26(10-12-27)15-5-6-16(21-13-15)22-19(29)20(2,3)4/h5-8,13H,9-12H2,1-4H3,(H,21,22,29). The van der Waals surface area contributed by atoms with E-state index in [-0.39, 0.29) is 5.91 Å². The minimum absolute atomic E-state index is 0.0424. The molecule has 1 amide bonds. The molecule has 0 radical (unpaired) electrons. The number of carbonyl (C=O) groups excluding carboxylic acids is 1. The van der Waals surface area contributed by atoms with E-state index >= 15 is 0 Å². The van der Waals surface area contributed by atoms with E-state index < -0.39 is 5.41 Å². The number of aromatic nitrogens is 5. The molecular formula is C20H26N8O. The molecule has 1 N–H and O–H groups in total. The van der Waals surface area contributed by atoms with Gasteiger partial charge in [0.2, 0.25) is 5.91 Å². The van der Waals surface area contributed by atoms with Crippen LogP contribution in [0.25, 0.3) is 5.65 Å². The molecule has 3 aromatic rings. The molecule has 0 unspecified atom stereocenters. The maximum absolute atomic E-state index is 12.1. The molecule has 0 atom stereocenters. The summed E-state index contributed by atoms with van der Waals surface area (Å²) in [5.41, 5.74) is 1.37. The van der Waals surface area contributed by atoms with E-state index in [9.17, 15) is 4.79 Å². The first-order valence-corrected chi connectivity index (χ1v) is 9.78. The summed E-state index contributed by atoms with van der Waals surface area (Å²) in [6, 6.07) is 7.80. The number of hydrogen-bond acceptors (Lipinski definition) is 7. The van der Waals surface area contributed by atoms with Crippen molar-refractivity contribution in [1.82, 2.24) is 24.8 Å². The number of piperazine rings is 1. The molecule has 1 aliphatic heterocycles. The van der Waals surface area contributed by atoms with Crippen molar-refractivity contribution in [2.45, 2.75) is 27.7 Å². The number of anilines is 3. The molecule has 4 heterocycles. The Labute approximate surface area is 169 Å². The van der Waals surface area contributed by atoms with Crippen LogP contribution in [0.15, 0.2) is 30.5 Å². The van der Waals surface area contributed by atoms with Crippen LogP contribution >= 0.6 is 0 Å². The fourth-order valence-electron chi connectivity index (χ4n) is 3.20. The van der Waals surface area contributed by atoms with Crippen molar-refractivity contribution in [3.63, 3.8) is 0 Å². The zero-order valence-corrected chi connectivity index (χ0v) is 17.3. The van der Waals surface area contributed by atoms with Crippen molar-refractivity contribution < 1.29 is 4.79 Å². The molecule has 3 aromatic heterocycles. The second kappa shape index (κ2) is 7.31. The quantitative estimate of drug-likeness (QED) is 0.728. The molecule has 0 spiro atoms. The van der Waals surface area contributed by atoms with Crippen molar-refractivity contribution >= 4 is 28.9 Å². The van der Waals surface area contributed by atoms with Gasteiger partial charge in [-0.25, -0.2) is 4.98 Å². The van der Waals surface area contributed by atoms with Gasteiger partial charge in [0.15, 0.2) is 11.5 Å². The predicted octanol–water partition coefficient (Wildman–Crippen LogP) is 2.14. The Morgan fingerprint density at radius 1 is 1.00 bits per heavy atom. The van der Waals surface area contributed by atoms with E-state index in [4.69, 9.17) is 0 Å². The second-order valence-electron chi connectivity index (χ2n) is 8.29. The molecule has 4 rings (SSSR count). The first-order chi connectivity index (χ1) is 13.8. The van der Waals surface area contributed by atoms with Crippen LogP contribution in [0.1, 0.15) is 26.6 Å². The third-order valence-corrected chi connectivity index (χ3v) is 5.04. The SMILES string of the molecule is Cc1nnc2ccc(N3CCN(c4ccc(NC(=O)C(C)(C)C)nc4)CC3)nn12. The minimum atomic E-state index is -0.445. The highest BCUT2D eigenvalue weighted by Crippen LogP contribution is 2.21.